The van der Waals surface area contributed by atoms with Crippen molar-refractivity contribution in [2.24, 2.45) is 5.73 Å². The third-order valence-corrected chi connectivity index (χ3v) is 2.32. The highest BCUT2D eigenvalue weighted by Crippen LogP contribution is 2.17. The molecule has 0 spiro atoms. The third kappa shape index (κ3) is 4.32. The molecule has 5 heteroatoms. The zero-order chi connectivity index (χ0) is 12.7. The Bertz CT molecular complexity index is 380. The minimum absolute atomic E-state index is 0.347. The van der Waals surface area contributed by atoms with Crippen molar-refractivity contribution in [3.63, 3.8) is 0 Å². The molecule has 0 aliphatic rings. The van der Waals surface area contributed by atoms with Crippen LogP contribution in [0.25, 0.3) is 0 Å². The first-order valence-corrected chi connectivity index (χ1v) is 5.66. The molecule has 5 N–H and O–H groups in total. The lowest BCUT2D eigenvalue weighted by atomic mass is 10.1. The molecule has 0 saturated heterocycles. The Labute approximate surface area is 101 Å². The summed E-state index contributed by atoms with van der Waals surface area (Å²) >= 11 is 0. The van der Waals surface area contributed by atoms with E-state index in [9.17, 15) is 4.79 Å². The van der Waals surface area contributed by atoms with E-state index >= 15 is 0 Å². The van der Waals surface area contributed by atoms with Gasteiger partial charge in [0.15, 0.2) is 0 Å². The maximum atomic E-state index is 11.1. The smallest absolute Gasteiger partial charge is 0.250 e. The molecule has 5 nitrogen and oxygen atoms in total. The number of rotatable bonds is 7. The lowest BCUT2D eigenvalue weighted by molar-refractivity contribution is 0.100. The molecular formula is C12H19N3O2. The molecule has 0 saturated carbocycles. The van der Waals surface area contributed by atoms with Crippen molar-refractivity contribution in [3.05, 3.63) is 23.8 Å². The maximum Gasteiger partial charge on any atom is 0.250 e. The lowest BCUT2D eigenvalue weighted by Crippen LogP contribution is -2.14. The van der Waals surface area contributed by atoms with E-state index in [0.717, 1.165) is 31.9 Å². The van der Waals surface area contributed by atoms with Crippen LogP contribution in [0.4, 0.5) is 11.4 Å². The monoisotopic (exact) mass is 237 g/mol. The van der Waals surface area contributed by atoms with Crippen LogP contribution in [0, 0.1) is 0 Å². The number of primary amides is 1. The molecule has 1 amide bonds. The normalized spacial score (nSPS) is 10.2. The van der Waals surface area contributed by atoms with Crippen molar-refractivity contribution < 1.29 is 9.53 Å². The highest BCUT2D eigenvalue weighted by molar-refractivity contribution is 5.98. The summed E-state index contributed by atoms with van der Waals surface area (Å²) in [5, 5.41) is 3.18. The van der Waals surface area contributed by atoms with Crippen LogP contribution in [-0.2, 0) is 4.74 Å². The van der Waals surface area contributed by atoms with E-state index in [1.165, 1.54) is 0 Å². The molecule has 1 rings (SSSR count). The minimum Gasteiger partial charge on any atom is -0.398 e. The molecule has 0 atom stereocenters. The van der Waals surface area contributed by atoms with Crippen LogP contribution in [0.3, 0.4) is 0 Å². The quantitative estimate of drug-likeness (QED) is 0.491. The number of amides is 1. The fraction of sp³-hybridized carbons (Fsp3) is 0.417. The second-order valence-corrected chi connectivity index (χ2v) is 3.64. The Balaban J connectivity index is 2.49. The van der Waals surface area contributed by atoms with Crippen LogP contribution in [0.1, 0.15) is 23.7 Å². The van der Waals surface area contributed by atoms with Crippen molar-refractivity contribution >= 4 is 17.3 Å². The molecule has 0 fully saturated rings. The number of benzene rings is 1. The predicted molar refractivity (Wildman–Crippen MR) is 69.0 cm³/mol. The van der Waals surface area contributed by atoms with Crippen molar-refractivity contribution in [1.82, 2.24) is 0 Å². The van der Waals surface area contributed by atoms with Gasteiger partial charge >= 0.3 is 0 Å². The molecule has 1 aromatic carbocycles. The third-order valence-electron chi connectivity index (χ3n) is 2.32. The number of ether oxygens (including phenoxy) is 1. The van der Waals surface area contributed by atoms with E-state index < -0.39 is 5.91 Å². The zero-order valence-corrected chi connectivity index (χ0v) is 10.0. The van der Waals surface area contributed by atoms with E-state index in [-0.39, 0.29) is 0 Å². The topological polar surface area (TPSA) is 90.4 Å². The van der Waals surface area contributed by atoms with Gasteiger partial charge in [0.2, 0.25) is 0 Å². The average Bonchev–Trinajstić information content (AvgIpc) is 2.30. The molecule has 0 unspecified atom stereocenters. The summed E-state index contributed by atoms with van der Waals surface area (Å²) in [6, 6.07) is 5.16. The second kappa shape index (κ2) is 6.75. The van der Waals surface area contributed by atoms with Crippen LogP contribution in [-0.4, -0.2) is 25.7 Å². The van der Waals surface area contributed by atoms with Gasteiger partial charge in [0, 0.05) is 31.1 Å². The van der Waals surface area contributed by atoms with Crippen LogP contribution >= 0.6 is 0 Å². The predicted octanol–water partition coefficient (Wildman–Crippen LogP) is 1.21. The van der Waals surface area contributed by atoms with Crippen molar-refractivity contribution in [2.45, 2.75) is 13.3 Å². The van der Waals surface area contributed by atoms with Crippen LogP contribution in [0.15, 0.2) is 18.2 Å². The standard InChI is InChI=1S/C12H19N3O2/c1-2-17-7-3-6-15-9-4-5-11(13)10(8-9)12(14)16/h4-5,8,15H,2-3,6-7,13H2,1H3,(H2,14,16). The molecule has 17 heavy (non-hydrogen) atoms. The van der Waals surface area contributed by atoms with Gasteiger partial charge in [0.05, 0.1) is 5.56 Å². The number of carbonyl (C=O) groups is 1. The Morgan fingerprint density at radius 2 is 2.24 bits per heavy atom. The molecule has 94 valence electrons. The molecule has 0 bridgehead atoms. The zero-order valence-electron chi connectivity index (χ0n) is 10.0. The first-order valence-electron chi connectivity index (χ1n) is 5.66. The van der Waals surface area contributed by atoms with Crippen molar-refractivity contribution in [2.75, 3.05) is 30.8 Å². The van der Waals surface area contributed by atoms with Gasteiger partial charge < -0.3 is 21.5 Å². The number of hydrogen-bond donors (Lipinski definition) is 3. The van der Waals surface area contributed by atoms with Gasteiger partial charge in [0.25, 0.3) is 5.91 Å². The fourth-order valence-electron chi connectivity index (χ4n) is 1.43. The number of nitrogen functional groups attached to an aromatic ring is 1. The number of nitrogens with two attached hydrogens (primary N) is 2. The molecule has 0 aliphatic heterocycles. The Morgan fingerprint density at radius 3 is 2.88 bits per heavy atom. The summed E-state index contributed by atoms with van der Waals surface area (Å²) in [6.07, 6.45) is 0.907. The Kier molecular flexibility index (Phi) is 5.29. The van der Waals surface area contributed by atoms with Gasteiger partial charge in [-0.25, -0.2) is 0 Å². The summed E-state index contributed by atoms with van der Waals surface area (Å²) in [6.45, 7) is 4.20. The molecular weight excluding hydrogens is 218 g/mol. The van der Waals surface area contributed by atoms with Gasteiger partial charge in [-0.2, -0.15) is 0 Å². The summed E-state index contributed by atoms with van der Waals surface area (Å²) in [5.41, 5.74) is 12.4. The maximum absolute atomic E-state index is 11.1. The van der Waals surface area contributed by atoms with Crippen molar-refractivity contribution in [3.8, 4) is 0 Å². The summed E-state index contributed by atoms with van der Waals surface area (Å²) in [5.74, 6) is -0.513. The first kappa shape index (κ1) is 13.3. The van der Waals surface area contributed by atoms with Crippen LogP contribution < -0.4 is 16.8 Å². The van der Waals surface area contributed by atoms with Crippen molar-refractivity contribution in [1.29, 1.82) is 0 Å². The minimum atomic E-state index is -0.513. The average molecular weight is 237 g/mol. The van der Waals surface area contributed by atoms with E-state index in [2.05, 4.69) is 5.32 Å². The van der Waals surface area contributed by atoms with Crippen LogP contribution in [0.5, 0.6) is 0 Å². The second-order valence-electron chi connectivity index (χ2n) is 3.64. The Morgan fingerprint density at radius 1 is 1.47 bits per heavy atom. The number of anilines is 2. The van der Waals surface area contributed by atoms with Gasteiger partial charge in [0.1, 0.15) is 0 Å². The van der Waals surface area contributed by atoms with E-state index in [1.807, 2.05) is 13.0 Å². The number of nitrogens with one attached hydrogen (secondary N) is 1. The van der Waals surface area contributed by atoms with Gasteiger partial charge in [-0.15, -0.1) is 0 Å². The van der Waals surface area contributed by atoms with Gasteiger partial charge in [-0.1, -0.05) is 0 Å². The van der Waals surface area contributed by atoms with Gasteiger partial charge in [-0.3, -0.25) is 4.79 Å². The summed E-state index contributed by atoms with van der Waals surface area (Å²) in [4.78, 5) is 11.1. The molecule has 0 radical (unpaired) electrons. The Hall–Kier alpha value is -1.75. The lowest BCUT2D eigenvalue weighted by Gasteiger charge is -2.09. The largest absolute Gasteiger partial charge is 0.398 e. The first-order chi connectivity index (χ1) is 8.15. The molecule has 0 aliphatic carbocycles. The van der Waals surface area contributed by atoms with E-state index in [0.29, 0.717) is 11.3 Å². The van der Waals surface area contributed by atoms with Crippen LogP contribution in [0.2, 0.25) is 0 Å². The highest BCUT2D eigenvalue weighted by atomic mass is 16.5. The van der Waals surface area contributed by atoms with E-state index in [1.54, 1.807) is 12.1 Å². The van der Waals surface area contributed by atoms with Gasteiger partial charge in [-0.05, 0) is 31.5 Å². The SMILES string of the molecule is CCOCCCNc1ccc(N)c(C(N)=O)c1. The molecule has 0 heterocycles. The van der Waals surface area contributed by atoms with E-state index in [4.69, 9.17) is 16.2 Å². The highest BCUT2D eigenvalue weighted by Gasteiger charge is 2.06. The summed E-state index contributed by atoms with van der Waals surface area (Å²) < 4.78 is 5.22. The molecule has 0 aromatic heterocycles. The number of hydrogen-bond acceptors (Lipinski definition) is 4. The summed E-state index contributed by atoms with van der Waals surface area (Å²) in [7, 11) is 0. The fourth-order valence-corrected chi connectivity index (χ4v) is 1.43. The molecule has 1 aromatic rings. The number of carbonyl (C=O) groups excluding carboxylic acids is 1.